The van der Waals surface area contributed by atoms with Crippen LogP contribution >= 0.6 is 11.8 Å². The molecule has 0 amide bonds. The lowest BCUT2D eigenvalue weighted by Crippen LogP contribution is -2.45. The van der Waals surface area contributed by atoms with E-state index in [9.17, 15) is 0 Å². The molecule has 2 aromatic heterocycles. The summed E-state index contributed by atoms with van der Waals surface area (Å²) in [7, 11) is 1.80. The van der Waals surface area contributed by atoms with Crippen molar-refractivity contribution in [2.24, 2.45) is 4.99 Å². The smallest absolute Gasteiger partial charge is 0.216 e. The molecule has 8 heteroatoms. The van der Waals surface area contributed by atoms with Crippen molar-refractivity contribution in [1.82, 2.24) is 25.8 Å². The van der Waals surface area contributed by atoms with E-state index in [0.29, 0.717) is 24.2 Å². The standard InChI is InChI=1S/C17H26N6OS/c1-3-25-13-7-4-6-12(10-13)20-17(18-2)19-11-15-21-16(23-22-15)14-8-5-9-24-14/h5,8-9,12-13H,3-4,6-7,10-11H2,1-2H3,(H2,18,19,20)(H,21,22,23). The average Bonchev–Trinajstić information content (AvgIpc) is 3.30. The number of aromatic amines is 1. The van der Waals surface area contributed by atoms with Gasteiger partial charge in [-0.25, -0.2) is 4.98 Å². The SMILES string of the molecule is CCSC1CCCC(NC(=NC)NCc2nc(-c3ccco3)n[nH]2)C1. The molecule has 2 atom stereocenters. The zero-order chi connectivity index (χ0) is 17.5. The van der Waals surface area contributed by atoms with Gasteiger partial charge in [0.25, 0.3) is 0 Å². The summed E-state index contributed by atoms with van der Waals surface area (Å²) < 4.78 is 5.31. The van der Waals surface area contributed by atoms with Crippen molar-refractivity contribution in [3.63, 3.8) is 0 Å². The van der Waals surface area contributed by atoms with Crippen LogP contribution in [0.2, 0.25) is 0 Å². The van der Waals surface area contributed by atoms with Gasteiger partial charge in [-0.3, -0.25) is 10.1 Å². The molecular weight excluding hydrogens is 336 g/mol. The average molecular weight is 363 g/mol. The molecule has 1 fully saturated rings. The highest BCUT2D eigenvalue weighted by molar-refractivity contribution is 7.99. The summed E-state index contributed by atoms with van der Waals surface area (Å²) in [6.45, 7) is 2.77. The highest BCUT2D eigenvalue weighted by Gasteiger charge is 2.22. The van der Waals surface area contributed by atoms with Gasteiger partial charge in [0, 0.05) is 18.3 Å². The lowest BCUT2D eigenvalue weighted by Gasteiger charge is -2.30. The lowest BCUT2D eigenvalue weighted by atomic mass is 9.95. The molecule has 3 rings (SSSR count). The summed E-state index contributed by atoms with van der Waals surface area (Å²) in [6, 6.07) is 4.15. The van der Waals surface area contributed by atoms with Crippen molar-refractivity contribution in [2.75, 3.05) is 12.8 Å². The third-order valence-electron chi connectivity index (χ3n) is 4.29. The monoisotopic (exact) mass is 362 g/mol. The van der Waals surface area contributed by atoms with Crippen molar-refractivity contribution in [3.05, 3.63) is 24.2 Å². The van der Waals surface area contributed by atoms with Crippen molar-refractivity contribution in [3.8, 4) is 11.6 Å². The van der Waals surface area contributed by atoms with Crippen LogP contribution in [0.3, 0.4) is 0 Å². The zero-order valence-electron chi connectivity index (χ0n) is 14.8. The van der Waals surface area contributed by atoms with Gasteiger partial charge in [0.2, 0.25) is 5.82 Å². The van der Waals surface area contributed by atoms with E-state index in [4.69, 9.17) is 4.42 Å². The number of aliphatic imine (C=N–C) groups is 1. The first-order valence-corrected chi connectivity index (χ1v) is 9.87. The molecule has 0 aliphatic heterocycles. The fourth-order valence-electron chi connectivity index (χ4n) is 3.11. The molecule has 136 valence electrons. The zero-order valence-corrected chi connectivity index (χ0v) is 15.6. The van der Waals surface area contributed by atoms with Crippen LogP contribution in [0.25, 0.3) is 11.6 Å². The molecule has 2 aromatic rings. The molecular formula is C17H26N6OS. The Morgan fingerprint density at radius 2 is 2.40 bits per heavy atom. The first-order valence-electron chi connectivity index (χ1n) is 8.82. The number of H-pyrrole nitrogens is 1. The third kappa shape index (κ3) is 5.01. The maximum absolute atomic E-state index is 5.31. The molecule has 7 nitrogen and oxygen atoms in total. The fourth-order valence-corrected chi connectivity index (χ4v) is 4.28. The molecule has 2 unspecified atom stereocenters. The van der Waals surface area contributed by atoms with E-state index in [1.165, 1.54) is 31.4 Å². The number of hydrogen-bond acceptors (Lipinski definition) is 5. The van der Waals surface area contributed by atoms with Gasteiger partial charge in [-0.15, -0.1) is 5.10 Å². The minimum absolute atomic E-state index is 0.484. The molecule has 25 heavy (non-hydrogen) atoms. The number of guanidine groups is 1. The van der Waals surface area contributed by atoms with Crippen LogP contribution in [-0.4, -0.2) is 45.2 Å². The first-order chi connectivity index (χ1) is 12.3. The van der Waals surface area contributed by atoms with E-state index in [1.807, 2.05) is 12.1 Å². The highest BCUT2D eigenvalue weighted by atomic mass is 32.2. The normalized spacial score (nSPS) is 21.3. The number of nitrogens with zero attached hydrogens (tertiary/aromatic N) is 3. The Kier molecular flexibility index (Phi) is 6.38. The number of aromatic nitrogens is 3. The van der Waals surface area contributed by atoms with E-state index in [2.05, 4.69) is 49.5 Å². The van der Waals surface area contributed by atoms with Gasteiger partial charge in [0.05, 0.1) is 12.8 Å². The van der Waals surface area contributed by atoms with E-state index in [-0.39, 0.29) is 0 Å². The molecule has 1 aliphatic carbocycles. The van der Waals surface area contributed by atoms with Crippen LogP contribution in [-0.2, 0) is 6.54 Å². The molecule has 0 saturated heterocycles. The van der Waals surface area contributed by atoms with Crippen molar-refractivity contribution in [2.45, 2.75) is 50.4 Å². The lowest BCUT2D eigenvalue weighted by molar-refractivity contribution is 0.418. The number of nitrogens with one attached hydrogen (secondary N) is 3. The van der Waals surface area contributed by atoms with Gasteiger partial charge >= 0.3 is 0 Å². The first kappa shape index (κ1) is 17.8. The summed E-state index contributed by atoms with van der Waals surface area (Å²) in [5.41, 5.74) is 0. The van der Waals surface area contributed by atoms with E-state index in [0.717, 1.165) is 17.0 Å². The molecule has 2 heterocycles. The van der Waals surface area contributed by atoms with Gasteiger partial charge < -0.3 is 15.1 Å². The van der Waals surface area contributed by atoms with E-state index < -0.39 is 0 Å². The highest BCUT2D eigenvalue weighted by Crippen LogP contribution is 2.28. The molecule has 3 N–H and O–H groups in total. The number of furan rings is 1. The van der Waals surface area contributed by atoms with E-state index >= 15 is 0 Å². The van der Waals surface area contributed by atoms with Crippen LogP contribution in [0, 0.1) is 0 Å². The summed E-state index contributed by atoms with van der Waals surface area (Å²) in [5, 5.41) is 14.7. The number of thioether (sulfide) groups is 1. The van der Waals surface area contributed by atoms with Crippen molar-refractivity contribution in [1.29, 1.82) is 0 Å². The summed E-state index contributed by atoms with van der Waals surface area (Å²) >= 11 is 2.07. The fraction of sp³-hybridized carbons (Fsp3) is 0.588. The number of hydrogen-bond donors (Lipinski definition) is 3. The summed E-state index contributed by atoms with van der Waals surface area (Å²) in [4.78, 5) is 8.77. The van der Waals surface area contributed by atoms with Crippen molar-refractivity contribution >= 4 is 17.7 Å². The summed E-state index contributed by atoms with van der Waals surface area (Å²) in [5.74, 6) is 3.97. The van der Waals surface area contributed by atoms with Crippen LogP contribution in [0.15, 0.2) is 27.8 Å². The topological polar surface area (TPSA) is 91.1 Å². The van der Waals surface area contributed by atoms with Gasteiger partial charge in [-0.1, -0.05) is 13.3 Å². The Morgan fingerprint density at radius 3 is 3.16 bits per heavy atom. The largest absolute Gasteiger partial charge is 0.461 e. The minimum atomic E-state index is 0.484. The Morgan fingerprint density at radius 1 is 1.48 bits per heavy atom. The van der Waals surface area contributed by atoms with Crippen LogP contribution in [0.5, 0.6) is 0 Å². The van der Waals surface area contributed by atoms with Gasteiger partial charge in [0.1, 0.15) is 5.82 Å². The predicted molar refractivity (Wildman–Crippen MR) is 102 cm³/mol. The predicted octanol–water partition coefficient (Wildman–Crippen LogP) is 2.79. The third-order valence-corrected chi connectivity index (χ3v) is 5.52. The van der Waals surface area contributed by atoms with Crippen LogP contribution in [0.4, 0.5) is 0 Å². The molecule has 1 aliphatic rings. The van der Waals surface area contributed by atoms with Crippen LogP contribution < -0.4 is 10.6 Å². The molecule has 0 aromatic carbocycles. The van der Waals surface area contributed by atoms with E-state index in [1.54, 1.807) is 13.3 Å². The summed E-state index contributed by atoms with van der Waals surface area (Å²) in [6.07, 6.45) is 6.62. The second-order valence-electron chi connectivity index (χ2n) is 6.09. The second kappa shape index (κ2) is 8.94. The molecule has 0 radical (unpaired) electrons. The number of rotatable bonds is 6. The molecule has 0 bridgehead atoms. The van der Waals surface area contributed by atoms with Gasteiger partial charge in [0.15, 0.2) is 11.7 Å². The van der Waals surface area contributed by atoms with Crippen molar-refractivity contribution < 1.29 is 4.42 Å². The van der Waals surface area contributed by atoms with Gasteiger partial charge in [-0.2, -0.15) is 11.8 Å². The van der Waals surface area contributed by atoms with Crippen LogP contribution in [0.1, 0.15) is 38.4 Å². The Labute approximate surface area is 152 Å². The second-order valence-corrected chi connectivity index (χ2v) is 7.67. The Balaban J connectivity index is 1.49. The Bertz CT molecular complexity index is 666. The van der Waals surface area contributed by atoms with Gasteiger partial charge in [-0.05, 0) is 37.1 Å². The maximum Gasteiger partial charge on any atom is 0.216 e. The molecule has 0 spiro atoms. The maximum atomic E-state index is 5.31. The molecule has 1 saturated carbocycles. The minimum Gasteiger partial charge on any atom is -0.461 e. The quantitative estimate of drug-likeness (QED) is 0.541. The Hall–Kier alpha value is -1.96.